The van der Waals surface area contributed by atoms with Crippen LogP contribution in [0, 0.1) is 6.92 Å². The summed E-state index contributed by atoms with van der Waals surface area (Å²) in [7, 11) is 1.48. The van der Waals surface area contributed by atoms with Crippen LogP contribution in [0.1, 0.15) is 16.2 Å². The smallest absolute Gasteiger partial charge is 0.278 e. The van der Waals surface area contributed by atoms with E-state index in [-0.39, 0.29) is 11.6 Å². The number of nitrogens with zero attached hydrogens (tertiary/aromatic N) is 4. The van der Waals surface area contributed by atoms with Gasteiger partial charge >= 0.3 is 0 Å². The van der Waals surface area contributed by atoms with Gasteiger partial charge in [0.15, 0.2) is 11.5 Å². The quantitative estimate of drug-likeness (QED) is 0.530. The van der Waals surface area contributed by atoms with Crippen LogP contribution in [-0.2, 0) is 0 Å². The van der Waals surface area contributed by atoms with Crippen molar-refractivity contribution in [1.29, 1.82) is 0 Å². The summed E-state index contributed by atoms with van der Waals surface area (Å²) < 4.78 is 5.00. The molecule has 0 saturated carbocycles. The number of nitrogens with two attached hydrogens (primary N) is 1. The van der Waals surface area contributed by atoms with Crippen LogP contribution in [0.2, 0.25) is 0 Å². The zero-order chi connectivity index (χ0) is 14.5. The Morgan fingerprint density at radius 3 is 2.70 bits per heavy atom. The molecular formula is C11H13N7O2. The van der Waals surface area contributed by atoms with Crippen LogP contribution in [0.3, 0.4) is 0 Å². The van der Waals surface area contributed by atoms with Gasteiger partial charge in [-0.3, -0.25) is 10.1 Å². The fourth-order valence-corrected chi connectivity index (χ4v) is 1.40. The van der Waals surface area contributed by atoms with Crippen LogP contribution in [0.4, 0.5) is 11.8 Å². The van der Waals surface area contributed by atoms with Crippen molar-refractivity contribution in [1.82, 2.24) is 20.2 Å². The molecule has 104 valence electrons. The molecule has 0 saturated heterocycles. The van der Waals surface area contributed by atoms with Gasteiger partial charge in [-0.1, -0.05) is 0 Å². The van der Waals surface area contributed by atoms with Gasteiger partial charge in [0.05, 0.1) is 7.11 Å². The van der Waals surface area contributed by atoms with E-state index in [0.29, 0.717) is 17.4 Å². The Balaban J connectivity index is 2.16. The highest BCUT2D eigenvalue weighted by molar-refractivity contribution is 6.01. The van der Waals surface area contributed by atoms with Crippen LogP contribution in [0.25, 0.3) is 0 Å². The maximum atomic E-state index is 11.9. The SMILES string of the molecule is COc1cc(C)nc(NC(=O)c2ccc(NN)nn2)n1. The summed E-state index contributed by atoms with van der Waals surface area (Å²) in [5.74, 6) is 5.54. The third-order valence-electron chi connectivity index (χ3n) is 2.31. The molecule has 2 aromatic heterocycles. The maximum absolute atomic E-state index is 11.9. The molecule has 9 nitrogen and oxygen atoms in total. The van der Waals surface area contributed by atoms with Crippen molar-refractivity contribution < 1.29 is 9.53 Å². The second kappa shape index (κ2) is 5.89. The molecule has 0 bridgehead atoms. The average molecular weight is 275 g/mol. The predicted molar refractivity (Wildman–Crippen MR) is 71.1 cm³/mol. The van der Waals surface area contributed by atoms with Crippen LogP contribution < -0.4 is 21.3 Å². The number of nitrogens with one attached hydrogen (secondary N) is 2. The molecule has 0 spiro atoms. The highest BCUT2D eigenvalue weighted by Crippen LogP contribution is 2.12. The van der Waals surface area contributed by atoms with Gasteiger partial charge in [0.1, 0.15) is 0 Å². The first-order valence-electron chi connectivity index (χ1n) is 5.63. The number of methoxy groups -OCH3 is 1. The van der Waals surface area contributed by atoms with Crippen LogP contribution in [0.15, 0.2) is 18.2 Å². The second-order valence-corrected chi connectivity index (χ2v) is 3.78. The van der Waals surface area contributed by atoms with E-state index in [4.69, 9.17) is 10.6 Å². The first-order chi connectivity index (χ1) is 9.62. The Labute approximate surface area is 114 Å². The number of carbonyl (C=O) groups excluding carboxylic acids is 1. The maximum Gasteiger partial charge on any atom is 0.278 e. The molecule has 2 rings (SSSR count). The summed E-state index contributed by atoms with van der Waals surface area (Å²) in [6.45, 7) is 1.77. The molecule has 0 fully saturated rings. The lowest BCUT2D eigenvalue weighted by atomic mass is 10.3. The number of aromatic nitrogens is 4. The highest BCUT2D eigenvalue weighted by Gasteiger charge is 2.11. The number of carbonyl (C=O) groups is 1. The molecule has 9 heteroatoms. The van der Waals surface area contributed by atoms with Gasteiger partial charge < -0.3 is 10.2 Å². The van der Waals surface area contributed by atoms with Crippen molar-refractivity contribution >= 4 is 17.7 Å². The van der Waals surface area contributed by atoms with E-state index >= 15 is 0 Å². The van der Waals surface area contributed by atoms with Crippen LogP contribution in [-0.4, -0.2) is 33.2 Å². The summed E-state index contributed by atoms with van der Waals surface area (Å²) in [6, 6.07) is 4.65. The third kappa shape index (κ3) is 3.14. The number of hydrogen-bond donors (Lipinski definition) is 3. The minimum absolute atomic E-state index is 0.119. The monoisotopic (exact) mass is 275 g/mol. The zero-order valence-electron chi connectivity index (χ0n) is 10.9. The van der Waals surface area contributed by atoms with Gasteiger partial charge in [-0.15, -0.1) is 10.2 Å². The fraction of sp³-hybridized carbons (Fsp3) is 0.182. The molecule has 0 atom stereocenters. The van der Waals surface area contributed by atoms with Gasteiger partial charge in [0, 0.05) is 11.8 Å². The number of rotatable bonds is 4. The number of aryl methyl sites for hydroxylation is 1. The van der Waals surface area contributed by atoms with Crippen molar-refractivity contribution in [3.8, 4) is 5.88 Å². The van der Waals surface area contributed by atoms with Crippen molar-refractivity contribution in [2.45, 2.75) is 6.92 Å². The second-order valence-electron chi connectivity index (χ2n) is 3.78. The number of nitrogen functional groups attached to an aromatic ring is 1. The number of hydrogen-bond acceptors (Lipinski definition) is 8. The van der Waals surface area contributed by atoms with E-state index in [0.717, 1.165) is 0 Å². The first kappa shape index (κ1) is 13.6. The molecule has 20 heavy (non-hydrogen) atoms. The molecule has 2 aromatic rings. The molecular weight excluding hydrogens is 262 g/mol. The third-order valence-corrected chi connectivity index (χ3v) is 2.31. The first-order valence-corrected chi connectivity index (χ1v) is 5.63. The van der Waals surface area contributed by atoms with Crippen LogP contribution in [0.5, 0.6) is 5.88 Å². The van der Waals surface area contributed by atoms with Crippen LogP contribution >= 0.6 is 0 Å². The Morgan fingerprint density at radius 1 is 1.30 bits per heavy atom. The minimum Gasteiger partial charge on any atom is -0.481 e. The van der Waals surface area contributed by atoms with E-state index in [1.54, 1.807) is 13.0 Å². The number of anilines is 2. The lowest BCUT2D eigenvalue weighted by Gasteiger charge is -2.06. The largest absolute Gasteiger partial charge is 0.481 e. The van der Waals surface area contributed by atoms with Crippen molar-refractivity contribution in [3.63, 3.8) is 0 Å². The Bertz CT molecular complexity index is 615. The van der Waals surface area contributed by atoms with Crippen molar-refractivity contribution in [2.24, 2.45) is 5.84 Å². The standard InChI is InChI=1S/C11H13N7O2/c1-6-5-9(20-2)14-11(13-6)15-10(19)7-3-4-8(16-12)18-17-7/h3-5H,12H2,1-2H3,(H,16,18)(H,13,14,15,19). The van der Waals surface area contributed by atoms with Gasteiger partial charge in [-0.25, -0.2) is 10.8 Å². The van der Waals surface area contributed by atoms with E-state index in [1.807, 2.05) is 0 Å². The van der Waals surface area contributed by atoms with Gasteiger partial charge in [0.2, 0.25) is 11.8 Å². The highest BCUT2D eigenvalue weighted by atomic mass is 16.5. The summed E-state index contributed by atoms with van der Waals surface area (Å²) in [6.07, 6.45) is 0. The average Bonchev–Trinajstić information content (AvgIpc) is 2.46. The van der Waals surface area contributed by atoms with Crippen molar-refractivity contribution in [2.75, 3.05) is 17.9 Å². The van der Waals surface area contributed by atoms with Gasteiger partial charge in [0.25, 0.3) is 5.91 Å². The molecule has 4 N–H and O–H groups in total. The molecule has 0 aliphatic heterocycles. The number of hydrazine groups is 1. The Hall–Kier alpha value is -2.81. The van der Waals surface area contributed by atoms with Gasteiger partial charge in [-0.2, -0.15) is 4.98 Å². The fourth-order valence-electron chi connectivity index (χ4n) is 1.40. The lowest BCUT2D eigenvalue weighted by Crippen LogP contribution is -2.17. The van der Waals surface area contributed by atoms with E-state index in [2.05, 4.69) is 30.9 Å². The van der Waals surface area contributed by atoms with E-state index < -0.39 is 5.91 Å². The van der Waals surface area contributed by atoms with E-state index in [1.165, 1.54) is 19.2 Å². The summed E-state index contributed by atoms with van der Waals surface area (Å²) >= 11 is 0. The van der Waals surface area contributed by atoms with Gasteiger partial charge in [-0.05, 0) is 19.1 Å². The molecule has 0 aromatic carbocycles. The number of amides is 1. The Kier molecular flexibility index (Phi) is 4.01. The predicted octanol–water partition coefficient (Wildman–Crippen LogP) is 0.122. The lowest BCUT2D eigenvalue weighted by molar-refractivity contribution is 0.102. The molecule has 0 aliphatic rings. The summed E-state index contributed by atoms with van der Waals surface area (Å²) in [4.78, 5) is 20.0. The molecule has 1 amide bonds. The molecule has 0 unspecified atom stereocenters. The Morgan fingerprint density at radius 2 is 2.10 bits per heavy atom. The molecule has 2 heterocycles. The summed E-state index contributed by atoms with van der Waals surface area (Å²) in [5.41, 5.74) is 3.10. The zero-order valence-corrected chi connectivity index (χ0v) is 10.9. The molecule has 0 radical (unpaired) electrons. The minimum atomic E-state index is -0.478. The number of ether oxygens (including phenoxy) is 1. The normalized spacial score (nSPS) is 9.95. The molecule has 0 aliphatic carbocycles. The van der Waals surface area contributed by atoms with Crippen molar-refractivity contribution in [3.05, 3.63) is 29.6 Å². The topological polar surface area (TPSA) is 128 Å². The summed E-state index contributed by atoms with van der Waals surface area (Å²) in [5, 5.41) is 9.93. The van der Waals surface area contributed by atoms with E-state index in [9.17, 15) is 4.79 Å².